The van der Waals surface area contributed by atoms with Gasteiger partial charge in [-0.25, -0.2) is 4.39 Å². The molecule has 112 valence electrons. The van der Waals surface area contributed by atoms with Crippen LogP contribution in [0.1, 0.15) is 33.3 Å². The van der Waals surface area contributed by atoms with Crippen molar-refractivity contribution in [3.8, 4) is 5.75 Å². The largest absolute Gasteiger partial charge is 0.494 e. The quantitative estimate of drug-likeness (QED) is 0.921. The molecule has 4 heteroatoms. The summed E-state index contributed by atoms with van der Waals surface area (Å²) in [4.78, 5) is 2.33. The lowest BCUT2D eigenvalue weighted by atomic mass is 9.91. The third-order valence-corrected chi connectivity index (χ3v) is 4.07. The van der Waals surface area contributed by atoms with Crippen LogP contribution >= 0.6 is 0 Å². The molecule has 3 nitrogen and oxygen atoms in total. The third-order valence-electron chi connectivity index (χ3n) is 4.07. The SMILES string of the molecule is COc1cccc(CN2CC(C)(C)NCC2(C)C)c1F. The van der Waals surface area contributed by atoms with Gasteiger partial charge in [0.15, 0.2) is 11.6 Å². The molecular formula is C16H25FN2O. The molecule has 20 heavy (non-hydrogen) atoms. The van der Waals surface area contributed by atoms with E-state index in [0.29, 0.717) is 17.9 Å². The first-order chi connectivity index (χ1) is 9.25. The molecule has 0 unspecified atom stereocenters. The maximum atomic E-state index is 14.3. The van der Waals surface area contributed by atoms with Crippen LogP contribution in [-0.2, 0) is 6.54 Å². The number of piperazine rings is 1. The first-order valence-electron chi connectivity index (χ1n) is 7.07. The lowest BCUT2D eigenvalue weighted by Crippen LogP contribution is -2.65. The van der Waals surface area contributed by atoms with Crippen LogP contribution in [0.2, 0.25) is 0 Å². The van der Waals surface area contributed by atoms with Crippen LogP contribution in [0.15, 0.2) is 18.2 Å². The molecule has 0 aromatic heterocycles. The molecule has 1 saturated heterocycles. The number of nitrogens with one attached hydrogen (secondary N) is 1. The average molecular weight is 280 g/mol. The fourth-order valence-corrected chi connectivity index (χ4v) is 2.63. The fraction of sp³-hybridized carbons (Fsp3) is 0.625. The van der Waals surface area contributed by atoms with Gasteiger partial charge < -0.3 is 10.1 Å². The van der Waals surface area contributed by atoms with Gasteiger partial charge in [0.05, 0.1) is 7.11 Å². The summed E-state index contributed by atoms with van der Waals surface area (Å²) in [7, 11) is 1.50. The highest BCUT2D eigenvalue weighted by Gasteiger charge is 2.37. The molecule has 1 aromatic carbocycles. The zero-order valence-corrected chi connectivity index (χ0v) is 13.1. The Balaban J connectivity index is 2.23. The van der Waals surface area contributed by atoms with Crippen LogP contribution < -0.4 is 10.1 Å². The van der Waals surface area contributed by atoms with E-state index in [0.717, 1.165) is 13.1 Å². The van der Waals surface area contributed by atoms with E-state index in [4.69, 9.17) is 4.74 Å². The van der Waals surface area contributed by atoms with Gasteiger partial charge in [-0.05, 0) is 33.8 Å². The molecule has 0 bridgehead atoms. The molecular weight excluding hydrogens is 255 g/mol. The molecule has 1 aliphatic rings. The lowest BCUT2D eigenvalue weighted by molar-refractivity contribution is 0.0314. The number of nitrogens with zero attached hydrogens (tertiary/aromatic N) is 1. The number of halogens is 1. The summed E-state index contributed by atoms with van der Waals surface area (Å²) in [5.74, 6) is 0.0665. The van der Waals surface area contributed by atoms with Gasteiger partial charge in [0.1, 0.15) is 0 Å². The van der Waals surface area contributed by atoms with Crippen LogP contribution in [0.3, 0.4) is 0 Å². The molecule has 1 fully saturated rings. The monoisotopic (exact) mass is 280 g/mol. The fourth-order valence-electron chi connectivity index (χ4n) is 2.63. The summed E-state index contributed by atoms with van der Waals surface area (Å²) in [6.45, 7) is 11.1. The molecule has 0 radical (unpaired) electrons. The van der Waals surface area contributed by atoms with Crippen LogP contribution in [0.4, 0.5) is 4.39 Å². The number of benzene rings is 1. The Hall–Kier alpha value is -1.13. The lowest BCUT2D eigenvalue weighted by Gasteiger charge is -2.49. The predicted octanol–water partition coefficient (Wildman–Crippen LogP) is 2.80. The van der Waals surface area contributed by atoms with Crippen molar-refractivity contribution in [2.45, 2.75) is 45.3 Å². The van der Waals surface area contributed by atoms with Gasteiger partial charge in [0.2, 0.25) is 0 Å². The maximum absolute atomic E-state index is 14.3. The molecule has 0 spiro atoms. The number of rotatable bonds is 3. The molecule has 0 aliphatic carbocycles. The molecule has 0 atom stereocenters. The first kappa shape index (κ1) is 15.3. The van der Waals surface area contributed by atoms with Crippen molar-refractivity contribution in [1.29, 1.82) is 0 Å². The number of hydrogen-bond donors (Lipinski definition) is 1. The highest BCUT2D eigenvalue weighted by Crippen LogP contribution is 2.28. The zero-order chi connectivity index (χ0) is 15.0. The minimum atomic E-state index is -0.248. The van der Waals surface area contributed by atoms with E-state index in [-0.39, 0.29) is 16.9 Å². The second kappa shape index (κ2) is 5.34. The van der Waals surface area contributed by atoms with Crippen molar-refractivity contribution in [2.75, 3.05) is 20.2 Å². The molecule has 0 saturated carbocycles. The van der Waals surface area contributed by atoms with Gasteiger partial charge in [-0.1, -0.05) is 12.1 Å². The summed E-state index contributed by atoms with van der Waals surface area (Å²) in [6, 6.07) is 5.34. The molecule has 1 heterocycles. The number of ether oxygens (including phenoxy) is 1. The summed E-state index contributed by atoms with van der Waals surface area (Å²) < 4.78 is 19.4. The van der Waals surface area contributed by atoms with E-state index < -0.39 is 0 Å². The van der Waals surface area contributed by atoms with Gasteiger partial charge >= 0.3 is 0 Å². The topological polar surface area (TPSA) is 24.5 Å². The van der Waals surface area contributed by atoms with Gasteiger partial charge in [0, 0.05) is 36.3 Å². The standard InChI is InChI=1S/C16H25FN2O/c1-15(2)11-19(16(3,4)10-18-15)9-12-7-6-8-13(20-5)14(12)17/h6-8,18H,9-11H2,1-5H3. The number of methoxy groups -OCH3 is 1. The minimum Gasteiger partial charge on any atom is -0.494 e. The van der Waals surface area contributed by atoms with Gasteiger partial charge in [-0.3, -0.25) is 4.90 Å². The summed E-state index contributed by atoms with van der Waals surface area (Å²) in [5, 5.41) is 3.54. The van der Waals surface area contributed by atoms with E-state index >= 15 is 0 Å². The Bertz CT molecular complexity index is 485. The van der Waals surface area contributed by atoms with E-state index in [9.17, 15) is 4.39 Å². The zero-order valence-electron chi connectivity index (χ0n) is 13.1. The number of hydrogen-bond acceptors (Lipinski definition) is 3. The van der Waals surface area contributed by atoms with Crippen molar-refractivity contribution >= 4 is 0 Å². The molecule has 2 rings (SSSR count). The molecule has 1 aromatic rings. The van der Waals surface area contributed by atoms with Crippen molar-refractivity contribution in [2.24, 2.45) is 0 Å². The Labute approximate surface area is 121 Å². The van der Waals surface area contributed by atoms with Crippen LogP contribution in [0.5, 0.6) is 5.75 Å². The molecule has 1 aliphatic heterocycles. The Morgan fingerprint density at radius 1 is 1.30 bits per heavy atom. The van der Waals surface area contributed by atoms with E-state index in [1.807, 2.05) is 12.1 Å². The molecule has 1 N–H and O–H groups in total. The van der Waals surface area contributed by atoms with Gasteiger partial charge in [0.25, 0.3) is 0 Å². The van der Waals surface area contributed by atoms with E-state index in [1.54, 1.807) is 6.07 Å². The van der Waals surface area contributed by atoms with Gasteiger partial charge in [-0.2, -0.15) is 0 Å². The van der Waals surface area contributed by atoms with Crippen molar-refractivity contribution in [1.82, 2.24) is 10.2 Å². The molecule has 0 amide bonds. The minimum absolute atomic E-state index is 0.00500. The Kier molecular flexibility index (Phi) is 4.07. The summed E-state index contributed by atoms with van der Waals surface area (Å²) in [6.07, 6.45) is 0. The van der Waals surface area contributed by atoms with Gasteiger partial charge in [-0.15, -0.1) is 0 Å². The Morgan fingerprint density at radius 3 is 2.65 bits per heavy atom. The van der Waals surface area contributed by atoms with Crippen LogP contribution in [0.25, 0.3) is 0 Å². The van der Waals surface area contributed by atoms with Crippen molar-refractivity contribution in [3.63, 3.8) is 0 Å². The average Bonchev–Trinajstić information content (AvgIpc) is 2.37. The highest BCUT2D eigenvalue weighted by molar-refractivity contribution is 5.31. The smallest absolute Gasteiger partial charge is 0.169 e. The maximum Gasteiger partial charge on any atom is 0.169 e. The summed E-state index contributed by atoms with van der Waals surface area (Å²) in [5.41, 5.74) is 0.741. The van der Waals surface area contributed by atoms with Crippen molar-refractivity contribution < 1.29 is 9.13 Å². The van der Waals surface area contributed by atoms with Crippen LogP contribution in [0, 0.1) is 5.82 Å². The second-order valence-corrected chi connectivity index (χ2v) is 6.84. The third kappa shape index (κ3) is 3.13. The van der Waals surface area contributed by atoms with Crippen molar-refractivity contribution in [3.05, 3.63) is 29.6 Å². The predicted molar refractivity (Wildman–Crippen MR) is 79.5 cm³/mol. The van der Waals surface area contributed by atoms with E-state index in [2.05, 4.69) is 37.9 Å². The normalized spacial score (nSPS) is 21.7. The highest BCUT2D eigenvalue weighted by atomic mass is 19.1. The Morgan fingerprint density at radius 2 is 2.00 bits per heavy atom. The van der Waals surface area contributed by atoms with Crippen LogP contribution in [-0.4, -0.2) is 36.2 Å². The van der Waals surface area contributed by atoms with E-state index in [1.165, 1.54) is 7.11 Å². The summed E-state index contributed by atoms with van der Waals surface area (Å²) >= 11 is 0. The second-order valence-electron chi connectivity index (χ2n) is 6.84. The first-order valence-corrected chi connectivity index (χ1v) is 7.07.